The van der Waals surface area contributed by atoms with Gasteiger partial charge in [-0.05, 0) is 66.7 Å². The maximum atomic E-state index is 12.1. The molecule has 1 saturated heterocycles. The first kappa shape index (κ1) is 18.5. The standard InChI is InChI=1S/C19H16N2O5S/c1-2-26-18(25)12-4-6-13(7-5-12)20-19-21-17(24)16(27-19)10-11-3-8-14(22)15(23)9-11/h3-10,22-23H,2H2,1H3,(H,20,21,24)/b16-10-. The van der Waals surface area contributed by atoms with Crippen molar-refractivity contribution in [1.82, 2.24) is 5.32 Å². The van der Waals surface area contributed by atoms with Gasteiger partial charge in [0.2, 0.25) is 0 Å². The largest absolute Gasteiger partial charge is 0.504 e. The number of amidine groups is 1. The van der Waals surface area contributed by atoms with E-state index in [-0.39, 0.29) is 17.4 Å². The van der Waals surface area contributed by atoms with Gasteiger partial charge in [-0.1, -0.05) is 6.07 Å². The summed E-state index contributed by atoms with van der Waals surface area (Å²) in [6, 6.07) is 10.8. The number of ether oxygens (including phenoxy) is 1. The van der Waals surface area contributed by atoms with Crippen LogP contribution in [-0.2, 0) is 9.53 Å². The third kappa shape index (κ3) is 4.48. The lowest BCUT2D eigenvalue weighted by molar-refractivity contribution is -0.115. The number of carbonyl (C=O) groups excluding carboxylic acids is 2. The van der Waals surface area contributed by atoms with Crippen LogP contribution >= 0.6 is 11.8 Å². The fourth-order valence-electron chi connectivity index (χ4n) is 2.27. The van der Waals surface area contributed by atoms with Crippen LogP contribution in [0.25, 0.3) is 6.08 Å². The van der Waals surface area contributed by atoms with Crippen molar-refractivity contribution >= 4 is 40.6 Å². The number of rotatable bonds is 4. The van der Waals surface area contributed by atoms with E-state index in [1.807, 2.05) is 0 Å². The van der Waals surface area contributed by atoms with E-state index in [0.29, 0.717) is 33.5 Å². The quantitative estimate of drug-likeness (QED) is 0.424. The summed E-state index contributed by atoms with van der Waals surface area (Å²) < 4.78 is 4.92. The summed E-state index contributed by atoms with van der Waals surface area (Å²) in [5.41, 5.74) is 1.58. The summed E-state index contributed by atoms with van der Waals surface area (Å²) in [4.78, 5) is 28.5. The van der Waals surface area contributed by atoms with Crippen molar-refractivity contribution in [3.05, 3.63) is 58.5 Å². The zero-order valence-corrected chi connectivity index (χ0v) is 15.1. The van der Waals surface area contributed by atoms with Crippen LogP contribution < -0.4 is 5.32 Å². The number of hydrogen-bond acceptors (Lipinski definition) is 7. The molecule has 0 aromatic heterocycles. The Balaban J connectivity index is 1.75. The normalized spacial score (nSPS) is 16.6. The second-order valence-electron chi connectivity index (χ2n) is 5.50. The molecular weight excluding hydrogens is 368 g/mol. The highest BCUT2D eigenvalue weighted by Gasteiger charge is 2.24. The Labute approximate surface area is 159 Å². The van der Waals surface area contributed by atoms with Crippen LogP contribution in [0.5, 0.6) is 11.5 Å². The Morgan fingerprint density at radius 2 is 1.93 bits per heavy atom. The smallest absolute Gasteiger partial charge is 0.338 e. The van der Waals surface area contributed by atoms with Gasteiger partial charge in [0.15, 0.2) is 16.7 Å². The molecule has 8 heteroatoms. The zero-order chi connectivity index (χ0) is 19.4. The Hall–Kier alpha value is -3.26. The fraction of sp³-hybridized carbons (Fsp3) is 0.105. The van der Waals surface area contributed by atoms with E-state index in [2.05, 4.69) is 10.3 Å². The van der Waals surface area contributed by atoms with Gasteiger partial charge in [-0.2, -0.15) is 0 Å². The van der Waals surface area contributed by atoms with E-state index >= 15 is 0 Å². The van der Waals surface area contributed by atoms with E-state index in [1.54, 1.807) is 43.3 Å². The maximum absolute atomic E-state index is 12.1. The number of nitrogens with one attached hydrogen (secondary N) is 1. The molecule has 0 unspecified atom stereocenters. The van der Waals surface area contributed by atoms with Crippen LogP contribution in [0.3, 0.4) is 0 Å². The highest BCUT2D eigenvalue weighted by Crippen LogP contribution is 2.31. The summed E-state index contributed by atoms with van der Waals surface area (Å²) in [6.45, 7) is 2.04. The number of carbonyl (C=O) groups is 2. The number of phenols is 2. The van der Waals surface area contributed by atoms with Crippen LogP contribution in [-0.4, -0.2) is 33.9 Å². The lowest BCUT2D eigenvalue weighted by Crippen LogP contribution is -2.19. The van der Waals surface area contributed by atoms with E-state index < -0.39 is 5.97 Å². The van der Waals surface area contributed by atoms with E-state index in [4.69, 9.17) is 4.74 Å². The highest BCUT2D eigenvalue weighted by atomic mass is 32.2. The lowest BCUT2D eigenvalue weighted by atomic mass is 10.2. The molecule has 2 aromatic rings. The number of esters is 1. The molecular formula is C19H16N2O5S. The number of nitrogens with zero attached hydrogens (tertiary/aromatic N) is 1. The monoisotopic (exact) mass is 384 g/mol. The summed E-state index contributed by atoms with van der Waals surface area (Å²) in [6.07, 6.45) is 1.59. The van der Waals surface area contributed by atoms with Crippen molar-refractivity contribution in [3.8, 4) is 11.5 Å². The van der Waals surface area contributed by atoms with Crippen LogP contribution in [0.2, 0.25) is 0 Å². The molecule has 1 aliphatic heterocycles. The van der Waals surface area contributed by atoms with Crippen LogP contribution in [0.1, 0.15) is 22.8 Å². The van der Waals surface area contributed by atoms with Crippen molar-refractivity contribution in [2.45, 2.75) is 6.92 Å². The summed E-state index contributed by atoms with van der Waals surface area (Å²) >= 11 is 1.15. The summed E-state index contributed by atoms with van der Waals surface area (Å²) in [5.74, 6) is -1.20. The van der Waals surface area contributed by atoms with Crippen molar-refractivity contribution in [2.75, 3.05) is 6.61 Å². The molecule has 3 N–H and O–H groups in total. The first-order valence-corrected chi connectivity index (χ1v) is 8.86. The van der Waals surface area contributed by atoms with Gasteiger partial charge in [0.25, 0.3) is 5.91 Å². The lowest BCUT2D eigenvalue weighted by Gasteiger charge is -2.02. The first-order valence-electron chi connectivity index (χ1n) is 8.05. The SMILES string of the molecule is CCOC(=O)c1ccc(N=C2NC(=O)/C(=C/c3ccc(O)c(O)c3)S2)cc1. The minimum atomic E-state index is -0.400. The Kier molecular flexibility index (Phi) is 5.46. The van der Waals surface area contributed by atoms with E-state index in [1.165, 1.54) is 12.1 Å². The fourth-order valence-corrected chi connectivity index (χ4v) is 3.11. The molecule has 2 aromatic carbocycles. The molecule has 0 saturated carbocycles. The van der Waals surface area contributed by atoms with Gasteiger partial charge in [-0.15, -0.1) is 0 Å². The Morgan fingerprint density at radius 1 is 1.19 bits per heavy atom. The molecule has 1 amide bonds. The van der Waals surface area contributed by atoms with Gasteiger partial charge in [0.05, 0.1) is 22.8 Å². The zero-order valence-electron chi connectivity index (χ0n) is 14.3. The molecule has 27 heavy (non-hydrogen) atoms. The third-order valence-electron chi connectivity index (χ3n) is 3.56. The predicted molar refractivity (Wildman–Crippen MR) is 103 cm³/mol. The van der Waals surface area contributed by atoms with Gasteiger partial charge in [-0.3, -0.25) is 4.79 Å². The number of hydrogen-bond donors (Lipinski definition) is 3. The van der Waals surface area contributed by atoms with Gasteiger partial charge < -0.3 is 20.3 Å². The molecule has 0 atom stereocenters. The minimum Gasteiger partial charge on any atom is -0.504 e. The Bertz CT molecular complexity index is 951. The molecule has 1 fully saturated rings. The number of amides is 1. The van der Waals surface area contributed by atoms with Gasteiger partial charge >= 0.3 is 5.97 Å². The molecule has 1 heterocycles. The molecule has 1 aliphatic rings. The molecule has 0 bridgehead atoms. The Morgan fingerprint density at radius 3 is 2.59 bits per heavy atom. The van der Waals surface area contributed by atoms with Crippen molar-refractivity contribution < 1.29 is 24.5 Å². The molecule has 0 spiro atoms. The average Bonchev–Trinajstić information content (AvgIpc) is 2.98. The highest BCUT2D eigenvalue weighted by molar-refractivity contribution is 8.18. The topological polar surface area (TPSA) is 108 Å². The average molecular weight is 384 g/mol. The summed E-state index contributed by atoms with van der Waals surface area (Å²) in [7, 11) is 0. The van der Waals surface area contributed by atoms with Crippen LogP contribution in [0.15, 0.2) is 52.4 Å². The molecule has 0 radical (unpaired) electrons. The molecule has 0 aliphatic carbocycles. The maximum Gasteiger partial charge on any atom is 0.338 e. The number of aliphatic imine (C=N–C) groups is 1. The third-order valence-corrected chi connectivity index (χ3v) is 4.47. The van der Waals surface area contributed by atoms with E-state index in [0.717, 1.165) is 11.8 Å². The second kappa shape index (κ2) is 7.96. The molecule has 7 nitrogen and oxygen atoms in total. The summed E-state index contributed by atoms with van der Waals surface area (Å²) in [5, 5.41) is 21.9. The number of aromatic hydroxyl groups is 2. The molecule has 138 valence electrons. The number of benzene rings is 2. The van der Waals surface area contributed by atoms with Gasteiger partial charge in [0, 0.05) is 0 Å². The molecule has 3 rings (SSSR count). The van der Waals surface area contributed by atoms with Crippen LogP contribution in [0.4, 0.5) is 5.69 Å². The van der Waals surface area contributed by atoms with Crippen molar-refractivity contribution in [2.24, 2.45) is 4.99 Å². The number of thioether (sulfide) groups is 1. The minimum absolute atomic E-state index is 0.228. The van der Waals surface area contributed by atoms with Gasteiger partial charge in [0.1, 0.15) is 0 Å². The second-order valence-corrected chi connectivity index (χ2v) is 6.53. The predicted octanol–water partition coefficient (Wildman–Crippen LogP) is 3.17. The van der Waals surface area contributed by atoms with Crippen molar-refractivity contribution in [3.63, 3.8) is 0 Å². The first-order chi connectivity index (χ1) is 13.0. The number of phenolic OH excluding ortho intramolecular Hbond substituents is 2. The van der Waals surface area contributed by atoms with Gasteiger partial charge in [-0.25, -0.2) is 9.79 Å². The van der Waals surface area contributed by atoms with Crippen molar-refractivity contribution in [1.29, 1.82) is 0 Å². The van der Waals surface area contributed by atoms with E-state index in [9.17, 15) is 19.8 Å². The van der Waals surface area contributed by atoms with Crippen LogP contribution in [0, 0.1) is 0 Å².